The average molecular weight is 192 g/mol. The molecule has 0 aromatic heterocycles. The maximum Gasteiger partial charge on any atom is 0.337 e. The number of carbonyl (C=O) groups excluding carboxylic acids is 1. The van der Waals surface area contributed by atoms with Gasteiger partial charge in [0.2, 0.25) is 0 Å². The first kappa shape index (κ1) is 9.93. The second-order valence-corrected chi connectivity index (χ2v) is 2.38. The second-order valence-electron chi connectivity index (χ2n) is 2.38. The van der Waals surface area contributed by atoms with Gasteiger partial charge in [0.1, 0.15) is 5.82 Å². The molecule has 0 spiro atoms. The molecule has 4 heteroatoms. The summed E-state index contributed by atoms with van der Waals surface area (Å²) in [4.78, 5) is 20.5. The van der Waals surface area contributed by atoms with Gasteiger partial charge in [0.25, 0.3) is 0 Å². The van der Waals surface area contributed by atoms with Crippen LogP contribution in [-0.2, 0) is 4.79 Å². The lowest BCUT2D eigenvalue weighted by atomic mass is 10.1. The van der Waals surface area contributed by atoms with E-state index < -0.39 is 11.8 Å². The molecule has 0 aliphatic carbocycles. The fraction of sp³-hybridized carbons (Fsp3) is 0. The van der Waals surface area contributed by atoms with Gasteiger partial charge in [-0.05, 0) is 24.1 Å². The highest BCUT2D eigenvalue weighted by molar-refractivity contribution is 5.91. The van der Waals surface area contributed by atoms with Crippen molar-refractivity contribution in [1.29, 1.82) is 0 Å². The summed E-state index contributed by atoms with van der Waals surface area (Å²) >= 11 is 0. The molecule has 0 bridgehead atoms. The van der Waals surface area contributed by atoms with E-state index in [0.29, 0.717) is 6.29 Å². The summed E-state index contributed by atoms with van der Waals surface area (Å²) in [6, 6.07) is 3.16. The van der Waals surface area contributed by atoms with Crippen molar-refractivity contribution < 1.29 is 19.1 Å². The van der Waals surface area contributed by atoms with Crippen LogP contribution in [-0.4, -0.2) is 17.4 Å². The summed E-state index contributed by atoms with van der Waals surface area (Å²) in [6.07, 6.45) is 0.342. The minimum absolute atomic E-state index is 0.117. The molecule has 14 heavy (non-hydrogen) atoms. The normalized spacial score (nSPS) is 8.64. The fourth-order valence-corrected chi connectivity index (χ4v) is 0.910. The van der Waals surface area contributed by atoms with E-state index in [9.17, 15) is 14.0 Å². The molecule has 1 rings (SSSR count). The molecule has 3 nitrogen and oxygen atoms in total. The Morgan fingerprint density at radius 2 is 2.21 bits per heavy atom. The number of benzene rings is 1. The Balaban J connectivity index is 3.28. The summed E-state index contributed by atoms with van der Waals surface area (Å²) in [7, 11) is 0. The van der Waals surface area contributed by atoms with E-state index in [1.165, 1.54) is 6.07 Å². The number of carboxylic acid groups (broad SMARTS) is 1. The van der Waals surface area contributed by atoms with Crippen LogP contribution in [0.1, 0.15) is 15.9 Å². The third-order valence-electron chi connectivity index (χ3n) is 1.48. The van der Waals surface area contributed by atoms with Crippen molar-refractivity contribution in [2.24, 2.45) is 0 Å². The van der Waals surface area contributed by atoms with Crippen LogP contribution in [0.3, 0.4) is 0 Å². The Morgan fingerprint density at radius 3 is 2.79 bits per heavy atom. The molecule has 0 saturated heterocycles. The van der Waals surface area contributed by atoms with Gasteiger partial charge in [-0.25, -0.2) is 9.18 Å². The molecule has 1 aromatic carbocycles. The van der Waals surface area contributed by atoms with Gasteiger partial charge in [0.15, 0.2) is 6.29 Å². The number of carboxylic acids is 1. The zero-order valence-corrected chi connectivity index (χ0v) is 6.95. The lowest BCUT2D eigenvalue weighted by Gasteiger charge is -1.97. The lowest BCUT2D eigenvalue weighted by molar-refractivity contribution is -0.103. The fourth-order valence-electron chi connectivity index (χ4n) is 0.910. The highest BCUT2D eigenvalue weighted by Crippen LogP contribution is 2.10. The van der Waals surface area contributed by atoms with Crippen molar-refractivity contribution in [2.75, 3.05) is 0 Å². The SMILES string of the molecule is O=CC#Cc1ccc(F)cc1C(=O)O. The van der Waals surface area contributed by atoms with Crippen molar-refractivity contribution in [2.45, 2.75) is 0 Å². The Morgan fingerprint density at radius 1 is 1.50 bits per heavy atom. The number of halogens is 1. The van der Waals surface area contributed by atoms with Gasteiger partial charge in [0, 0.05) is 5.56 Å². The van der Waals surface area contributed by atoms with Crippen LogP contribution in [0.25, 0.3) is 0 Å². The molecule has 0 aliphatic rings. The maximum atomic E-state index is 12.6. The topological polar surface area (TPSA) is 54.4 Å². The summed E-state index contributed by atoms with van der Waals surface area (Å²) in [5.74, 6) is 2.44. The third-order valence-corrected chi connectivity index (χ3v) is 1.48. The van der Waals surface area contributed by atoms with Crippen molar-refractivity contribution in [3.8, 4) is 11.8 Å². The molecule has 0 atom stereocenters. The number of aldehydes is 1. The van der Waals surface area contributed by atoms with Crippen LogP contribution in [0.4, 0.5) is 4.39 Å². The first-order valence-electron chi connectivity index (χ1n) is 3.63. The van der Waals surface area contributed by atoms with Crippen molar-refractivity contribution in [1.82, 2.24) is 0 Å². The van der Waals surface area contributed by atoms with E-state index in [4.69, 9.17) is 5.11 Å². The van der Waals surface area contributed by atoms with Crippen LogP contribution < -0.4 is 0 Å². The van der Waals surface area contributed by atoms with E-state index in [0.717, 1.165) is 12.1 Å². The van der Waals surface area contributed by atoms with Crippen molar-refractivity contribution in [3.05, 3.63) is 35.1 Å². The minimum Gasteiger partial charge on any atom is -0.478 e. The monoisotopic (exact) mass is 192 g/mol. The first-order valence-corrected chi connectivity index (χ1v) is 3.63. The lowest BCUT2D eigenvalue weighted by Crippen LogP contribution is -2.00. The molecule has 0 radical (unpaired) electrons. The Kier molecular flexibility index (Phi) is 2.97. The zero-order valence-electron chi connectivity index (χ0n) is 6.95. The number of aromatic carboxylic acids is 1. The van der Waals surface area contributed by atoms with Crippen LogP contribution in [0, 0.1) is 17.7 Å². The van der Waals surface area contributed by atoms with Gasteiger partial charge >= 0.3 is 5.97 Å². The molecule has 0 unspecified atom stereocenters. The quantitative estimate of drug-likeness (QED) is 0.535. The Labute approximate surface area is 79.2 Å². The number of carbonyl (C=O) groups is 2. The molecular formula is C10H5FO3. The van der Waals surface area contributed by atoms with E-state index in [1.807, 2.05) is 0 Å². The van der Waals surface area contributed by atoms with Gasteiger partial charge in [-0.2, -0.15) is 0 Å². The Bertz CT molecular complexity index is 440. The summed E-state index contributed by atoms with van der Waals surface area (Å²) in [5.41, 5.74) is -0.134. The molecule has 0 amide bonds. The van der Waals surface area contributed by atoms with Gasteiger partial charge in [0.05, 0.1) is 5.56 Å². The molecule has 0 fully saturated rings. The van der Waals surface area contributed by atoms with Crippen LogP contribution in [0.2, 0.25) is 0 Å². The van der Waals surface area contributed by atoms with Gasteiger partial charge in [-0.3, -0.25) is 4.79 Å². The average Bonchev–Trinajstić information content (AvgIpc) is 2.15. The van der Waals surface area contributed by atoms with Crippen LogP contribution in [0.15, 0.2) is 18.2 Å². The standard InChI is InChI=1S/C10H5FO3/c11-8-4-3-7(2-1-5-12)9(6-8)10(13)14/h3-6H,(H,13,14). The Hall–Kier alpha value is -2.15. The summed E-state index contributed by atoms with van der Waals surface area (Å²) in [5, 5.41) is 8.67. The van der Waals surface area contributed by atoms with Crippen LogP contribution in [0.5, 0.6) is 0 Å². The molecule has 70 valence electrons. The molecular weight excluding hydrogens is 187 g/mol. The third kappa shape index (κ3) is 2.17. The largest absolute Gasteiger partial charge is 0.478 e. The molecule has 1 aromatic rings. The van der Waals surface area contributed by atoms with Crippen molar-refractivity contribution in [3.63, 3.8) is 0 Å². The van der Waals surface area contributed by atoms with Gasteiger partial charge in [-0.1, -0.05) is 5.92 Å². The molecule has 1 N–H and O–H groups in total. The summed E-state index contributed by atoms with van der Waals surface area (Å²) < 4.78 is 12.6. The molecule has 0 saturated carbocycles. The number of hydrogen-bond acceptors (Lipinski definition) is 2. The second kappa shape index (κ2) is 4.19. The van der Waals surface area contributed by atoms with E-state index in [-0.39, 0.29) is 11.1 Å². The smallest absolute Gasteiger partial charge is 0.337 e. The van der Waals surface area contributed by atoms with Crippen LogP contribution >= 0.6 is 0 Å². The minimum atomic E-state index is -1.28. The number of rotatable bonds is 1. The first-order chi connectivity index (χ1) is 6.65. The molecule has 0 heterocycles. The van der Waals surface area contributed by atoms with E-state index in [1.54, 1.807) is 0 Å². The van der Waals surface area contributed by atoms with Gasteiger partial charge < -0.3 is 5.11 Å². The van der Waals surface area contributed by atoms with E-state index in [2.05, 4.69) is 11.8 Å². The van der Waals surface area contributed by atoms with Gasteiger partial charge in [-0.15, -0.1) is 0 Å². The highest BCUT2D eigenvalue weighted by atomic mass is 19.1. The summed E-state index contributed by atoms with van der Waals surface area (Å²) in [6.45, 7) is 0. The maximum absolute atomic E-state index is 12.6. The zero-order chi connectivity index (χ0) is 10.6. The predicted molar refractivity (Wildman–Crippen MR) is 46.3 cm³/mol. The number of hydrogen-bond donors (Lipinski definition) is 1. The van der Waals surface area contributed by atoms with E-state index >= 15 is 0 Å². The molecule has 0 aliphatic heterocycles. The highest BCUT2D eigenvalue weighted by Gasteiger charge is 2.09. The predicted octanol–water partition coefficient (Wildman–Crippen LogP) is 1.07. The van der Waals surface area contributed by atoms with Crippen molar-refractivity contribution >= 4 is 12.3 Å².